The summed E-state index contributed by atoms with van der Waals surface area (Å²) < 4.78 is 0. The Balaban J connectivity index is 2.29. The molecule has 3 heteroatoms. The Kier molecular flexibility index (Phi) is 8.20. The Labute approximate surface area is 124 Å². The first-order chi connectivity index (χ1) is 9.58. The number of aliphatic hydroxyl groups is 1. The minimum absolute atomic E-state index is 0.222. The van der Waals surface area contributed by atoms with Crippen LogP contribution in [0.4, 0.5) is 0 Å². The van der Waals surface area contributed by atoms with Gasteiger partial charge in [-0.2, -0.15) is 0 Å². The number of rotatable bonds is 8. The molecule has 0 heterocycles. The lowest BCUT2D eigenvalue weighted by atomic mass is 9.76. The van der Waals surface area contributed by atoms with Crippen LogP contribution < -0.4 is 5.32 Å². The second-order valence-electron chi connectivity index (χ2n) is 6.77. The highest BCUT2D eigenvalue weighted by Crippen LogP contribution is 2.33. The van der Waals surface area contributed by atoms with Gasteiger partial charge in [0.2, 0.25) is 5.91 Å². The summed E-state index contributed by atoms with van der Waals surface area (Å²) >= 11 is 0. The SMILES string of the molecule is CCCC(CCO)CNC(=O)C1CCC(C(C)C)CC1. The molecule has 0 aromatic carbocycles. The Hall–Kier alpha value is -0.570. The second kappa shape index (κ2) is 9.38. The van der Waals surface area contributed by atoms with Gasteiger partial charge in [0, 0.05) is 19.1 Å². The average Bonchev–Trinajstić information content (AvgIpc) is 2.45. The summed E-state index contributed by atoms with van der Waals surface area (Å²) in [6.45, 7) is 7.68. The molecule has 1 saturated carbocycles. The van der Waals surface area contributed by atoms with E-state index in [2.05, 4.69) is 26.1 Å². The van der Waals surface area contributed by atoms with Crippen molar-refractivity contribution in [1.29, 1.82) is 0 Å². The molecule has 0 aromatic rings. The molecule has 3 nitrogen and oxygen atoms in total. The van der Waals surface area contributed by atoms with Crippen molar-refractivity contribution in [2.24, 2.45) is 23.7 Å². The van der Waals surface area contributed by atoms with Gasteiger partial charge in [0.1, 0.15) is 0 Å². The number of hydrogen-bond donors (Lipinski definition) is 2. The van der Waals surface area contributed by atoms with Crippen LogP contribution in [0.25, 0.3) is 0 Å². The number of hydrogen-bond acceptors (Lipinski definition) is 2. The highest BCUT2D eigenvalue weighted by atomic mass is 16.3. The molecule has 0 aliphatic heterocycles. The Bertz CT molecular complexity index is 264. The summed E-state index contributed by atoms with van der Waals surface area (Å²) in [6, 6.07) is 0. The fourth-order valence-electron chi connectivity index (χ4n) is 3.38. The van der Waals surface area contributed by atoms with E-state index in [-0.39, 0.29) is 18.4 Å². The normalized spacial score (nSPS) is 24.6. The van der Waals surface area contributed by atoms with Crippen LogP contribution in [0, 0.1) is 23.7 Å². The first-order valence-electron chi connectivity index (χ1n) is 8.47. The second-order valence-corrected chi connectivity index (χ2v) is 6.77. The molecule has 1 aliphatic rings. The minimum atomic E-state index is 0.222. The molecular weight excluding hydrogens is 250 g/mol. The molecule has 0 aromatic heterocycles. The predicted octanol–water partition coefficient (Wildman–Crippen LogP) is 3.36. The molecule has 118 valence electrons. The first-order valence-corrected chi connectivity index (χ1v) is 8.47. The zero-order chi connectivity index (χ0) is 15.0. The highest BCUT2D eigenvalue weighted by Gasteiger charge is 2.27. The van der Waals surface area contributed by atoms with E-state index < -0.39 is 0 Å². The van der Waals surface area contributed by atoms with Crippen LogP contribution in [0.1, 0.15) is 65.7 Å². The van der Waals surface area contributed by atoms with Crippen molar-refractivity contribution >= 4 is 5.91 Å². The number of carbonyl (C=O) groups excluding carboxylic acids is 1. The molecule has 0 spiro atoms. The van der Waals surface area contributed by atoms with Gasteiger partial charge in [0.15, 0.2) is 0 Å². The number of nitrogens with one attached hydrogen (secondary N) is 1. The quantitative estimate of drug-likeness (QED) is 0.717. The molecule has 2 N–H and O–H groups in total. The van der Waals surface area contributed by atoms with Gasteiger partial charge in [0.05, 0.1) is 0 Å². The maximum atomic E-state index is 12.2. The van der Waals surface area contributed by atoms with Crippen molar-refractivity contribution < 1.29 is 9.90 Å². The fourth-order valence-corrected chi connectivity index (χ4v) is 3.38. The number of aliphatic hydroxyl groups excluding tert-OH is 1. The lowest BCUT2D eigenvalue weighted by Gasteiger charge is -2.30. The smallest absolute Gasteiger partial charge is 0.223 e. The van der Waals surface area contributed by atoms with Crippen molar-refractivity contribution in [2.45, 2.75) is 65.7 Å². The van der Waals surface area contributed by atoms with Crippen molar-refractivity contribution in [2.75, 3.05) is 13.2 Å². The van der Waals surface area contributed by atoms with Gasteiger partial charge in [0.25, 0.3) is 0 Å². The molecule has 1 aliphatic carbocycles. The standard InChI is InChI=1S/C17H33NO2/c1-4-5-14(10-11-19)12-18-17(20)16-8-6-15(7-9-16)13(2)3/h13-16,19H,4-12H2,1-3H3,(H,18,20). The van der Waals surface area contributed by atoms with E-state index in [4.69, 9.17) is 5.11 Å². The molecule has 1 fully saturated rings. The molecule has 1 amide bonds. The molecule has 0 bridgehead atoms. The van der Waals surface area contributed by atoms with Crippen molar-refractivity contribution in [3.8, 4) is 0 Å². The van der Waals surface area contributed by atoms with Gasteiger partial charge in [-0.05, 0) is 56.3 Å². The summed E-state index contributed by atoms with van der Waals surface area (Å²) in [5.41, 5.74) is 0. The summed E-state index contributed by atoms with van der Waals surface area (Å²) in [4.78, 5) is 12.2. The van der Waals surface area contributed by atoms with Crippen molar-refractivity contribution in [3.63, 3.8) is 0 Å². The van der Waals surface area contributed by atoms with Gasteiger partial charge in [-0.15, -0.1) is 0 Å². The maximum absolute atomic E-state index is 12.2. The van der Waals surface area contributed by atoms with Gasteiger partial charge < -0.3 is 10.4 Å². The van der Waals surface area contributed by atoms with E-state index in [1.54, 1.807) is 0 Å². The first kappa shape index (κ1) is 17.5. The summed E-state index contributed by atoms with van der Waals surface area (Å²) in [5.74, 6) is 2.45. The average molecular weight is 283 g/mol. The third-order valence-corrected chi connectivity index (χ3v) is 4.88. The lowest BCUT2D eigenvalue weighted by Crippen LogP contribution is -2.36. The van der Waals surface area contributed by atoms with E-state index in [1.165, 1.54) is 12.8 Å². The minimum Gasteiger partial charge on any atom is -0.396 e. The topological polar surface area (TPSA) is 49.3 Å². The Morgan fingerprint density at radius 1 is 1.20 bits per heavy atom. The zero-order valence-electron chi connectivity index (χ0n) is 13.5. The van der Waals surface area contributed by atoms with Gasteiger partial charge in [-0.25, -0.2) is 0 Å². The Morgan fingerprint density at radius 2 is 1.85 bits per heavy atom. The lowest BCUT2D eigenvalue weighted by molar-refractivity contribution is -0.126. The van der Waals surface area contributed by atoms with Gasteiger partial charge in [-0.3, -0.25) is 4.79 Å². The third kappa shape index (κ3) is 5.82. The predicted molar refractivity (Wildman–Crippen MR) is 83.4 cm³/mol. The molecule has 1 unspecified atom stereocenters. The molecule has 20 heavy (non-hydrogen) atoms. The summed E-state index contributed by atoms with van der Waals surface area (Å²) in [5, 5.41) is 12.2. The molecule has 1 rings (SSSR count). The number of amides is 1. The van der Waals surface area contributed by atoms with Crippen LogP contribution in [0.2, 0.25) is 0 Å². The largest absolute Gasteiger partial charge is 0.396 e. The highest BCUT2D eigenvalue weighted by molar-refractivity contribution is 5.78. The van der Waals surface area contributed by atoms with E-state index in [9.17, 15) is 4.79 Å². The monoisotopic (exact) mass is 283 g/mol. The van der Waals surface area contributed by atoms with Crippen LogP contribution in [-0.4, -0.2) is 24.2 Å². The van der Waals surface area contributed by atoms with Crippen molar-refractivity contribution in [3.05, 3.63) is 0 Å². The maximum Gasteiger partial charge on any atom is 0.223 e. The van der Waals surface area contributed by atoms with E-state index in [0.29, 0.717) is 5.92 Å². The van der Waals surface area contributed by atoms with Crippen LogP contribution in [0.5, 0.6) is 0 Å². The van der Waals surface area contributed by atoms with Crippen LogP contribution >= 0.6 is 0 Å². The van der Waals surface area contributed by atoms with E-state index >= 15 is 0 Å². The van der Waals surface area contributed by atoms with Crippen LogP contribution in [0.15, 0.2) is 0 Å². The van der Waals surface area contributed by atoms with Crippen molar-refractivity contribution in [1.82, 2.24) is 5.32 Å². The molecule has 0 radical (unpaired) electrons. The fraction of sp³-hybridized carbons (Fsp3) is 0.941. The molecule has 1 atom stereocenters. The van der Waals surface area contributed by atoms with Gasteiger partial charge in [-0.1, -0.05) is 27.2 Å². The molecular formula is C17H33NO2. The molecule has 0 saturated heterocycles. The van der Waals surface area contributed by atoms with E-state index in [1.807, 2.05) is 0 Å². The zero-order valence-corrected chi connectivity index (χ0v) is 13.5. The van der Waals surface area contributed by atoms with Crippen LogP contribution in [-0.2, 0) is 4.79 Å². The van der Waals surface area contributed by atoms with E-state index in [0.717, 1.165) is 50.5 Å². The Morgan fingerprint density at radius 3 is 2.35 bits per heavy atom. The number of carbonyl (C=O) groups is 1. The summed E-state index contributed by atoms with van der Waals surface area (Å²) in [6.07, 6.45) is 7.49. The summed E-state index contributed by atoms with van der Waals surface area (Å²) in [7, 11) is 0. The van der Waals surface area contributed by atoms with Crippen LogP contribution in [0.3, 0.4) is 0 Å². The third-order valence-electron chi connectivity index (χ3n) is 4.88. The van der Waals surface area contributed by atoms with Gasteiger partial charge >= 0.3 is 0 Å².